The Morgan fingerprint density at radius 1 is 1.62 bits per heavy atom. The summed E-state index contributed by atoms with van der Waals surface area (Å²) in [5, 5.41) is 0. The van der Waals surface area contributed by atoms with Crippen LogP contribution in [-0.2, 0) is 0 Å². The highest BCUT2D eigenvalue weighted by Crippen LogP contribution is 2.19. The van der Waals surface area contributed by atoms with Gasteiger partial charge in [0.25, 0.3) is 0 Å². The van der Waals surface area contributed by atoms with Gasteiger partial charge < -0.3 is 15.4 Å². The van der Waals surface area contributed by atoms with Gasteiger partial charge in [-0.15, -0.1) is 0 Å². The Morgan fingerprint density at radius 2 is 2.50 bits per heavy atom. The van der Waals surface area contributed by atoms with E-state index in [0.717, 1.165) is 6.42 Å². The molecule has 0 saturated carbocycles. The van der Waals surface area contributed by atoms with E-state index in [2.05, 4.69) is 21.9 Å². The highest BCUT2D eigenvalue weighted by molar-refractivity contribution is 5.44. The van der Waals surface area contributed by atoms with Crippen LogP contribution in [0.2, 0.25) is 0 Å². The fraction of sp³-hybridized carbons (Fsp3) is 0.636. The lowest BCUT2D eigenvalue weighted by atomic mass is 10.1. The molecular weight excluding hydrogens is 204 g/mol. The maximum Gasteiger partial charge on any atom is 0.240 e. The average Bonchev–Trinajstić information content (AvgIpc) is 2.67. The Bertz CT molecular complexity index is 345. The second-order valence-electron chi connectivity index (χ2n) is 4.20. The van der Waals surface area contributed by atoms with Gasteiger partial charge in [0.1, 0.15) is 12.0 Å². The number of nitrogen functional groups attached to an aromatic ring is 1. The Labute approximate surface area is 95.6 Å². The maximum atomic E-state index is 5.68. The van der Waals surface area contributed by atoms with Gasteiger partial charge in [-0.2, -0.15) is 0 Å². The lowest BCUT2D eigenvalue weighted by molar-refractivity contribution is 0.229. The molecule has 5 heteroatoms. The first-order valence-electron chi connectivity index (χ1n) is 5.66. The van der Waals surface area contributed by atoms with Crippen LogP contribution in [0.25, 0.3) is 0 Å². The second kappa shape index (κ2) is 5.12. The minimum absolute atomic E-state index is 0.496. The van der Waals surface area contributed by atoms with Crippen LogP contribution in [0.3, 0.4) is 0 Å². The highest BCUT2D eigenvalue weighted by Gasteiger charge is 2.20. The molecule has 0 amide bonds. The van der Waals surface area contributed by atoms with Crippen LogP contribution >= 0.6 is 0 Å². The molecule has 1 fully saturated rings. The van der Waals surface area contributed by atoms with Crippen LogP contribution in [0, 0.1) is 0 Å². The predicted molar refractivity (Wildman–Crippen MR) is 62.2 cm³/mol. The van der Waals surface area contributed by atoms with Gasteiger partial charge in [0.15, 0.2) is 0 Å². The quantitative estimate of drug-likeness (QED) is 0.820. The number of hydrogen-bond acceptors (Lipinski definition) is 5. The number of nitrogens with zero attached hydrogens (tertiary/aromatic N) is 3. The summed E-state index contributed by atoms with van der Waals surface area (Å²) in [4.78, 5) is 10.2. The first-order valence-corrected chi connectivity index (χ1v) is 5.66. The number of hydrogen-bond donors (Lipinski definition) is 1. The molecule has 2 heterocycles. The van der Waals surface area contributed by atoms with E-state index in [9.17, 15) is 0 Å². The molecule has 0 bridgehead atoms. The standard InChI is InChI=1S/C11H18N4O/c1-15-5-2-3-9(15)4-6-16-11-10(12)7-13-8-14-11/h7-9H,2-6,12H2,1H3. The number of likely N-dealkylation sites (tertiary alicyclic amines) is 1. The zero-order chi connectivity index (χ0) is 11.4. The van der Waals surface area contributed by atoms with E-state index in [4.69, 9.17) is 10.5 Å². The second-order valence-corrected chi connectivity index (χ2v) is 4.20. The van der Waals surface area contributed by atoms with Gasteiger partial charge in [-0.3, -0.25) is 0 Å². The molecule has 16 heavy (non-hydrogen) atoms. The zero-order valence-electron chi connectivity index (χ0n) is 9.59. The molecule has 88 valence electrons. The Morgan fingerprint density at radius 3 is 3.19 bits per heavy atom. The minimum atomic E-state index is 0.496. The number of rotatable bonds is 4. The molecule has 0 radical (unpaired) electrons. The summed E-state index contributed by atoms with van der Waals surface area (Å²) in [5.74, 6) is 0.496. The highest BCUT2D eigenvalue weighted by atomic mass is 16.5. The molecule has 2 N–H and O–H groups in total. The largest absolute Gasteiger partial charge is 0.476 e. The van der Waals surface area contributed by atoms with E-state index in [1.807, 2.05) is 0 Å². The third kappa shape index (κ3) is 2.61. The summed E-state index contributed by atoms with van der Waals surface area (Å²) in [6.45, 7) is 1.86. The van der Waals surface area contributed by atoms with Gasteiger partial charge in [-0.1, -0.05) is 0 Å². The van der Waals surface area contributed by atoms with Gasteiger partial charge in [0.05, 0.1) is 12.8 Å². The van der Waals surface area contributed by atoms with E-state index in [-0.39, 0.29) is 0 Å². The summed E-state index contributed by atoms with van der Waals surface area (Å²) < 4.78 is 5.54. The van der Waals surface area contributed by atoms with Gasteiger partial charge >= 0.3 is 0 Å². The van der Waals surface area contributed by atoms with Crippen LogP contribution < -0.4 is 10.5 Å². The maximum absolute atomic E-state index is 5.68. The third-order valence-corrected chi connectivity index (χ3v) is 3.06. The summed E-state index contributed by atoms with van der Waals surface area (Å²) >= 11 is 0. The topological polar surface area (TPSA) is 64.3 Å². The van der Waals surface area contributed by atoms with Crippen molar-refractivity contribution in [2.45, 2.75) is 25.3 Å². The average molecular weight is 222 g/mol. The van der Waals surface area contributed by atoms with E-state index in [1.165, 1.54) is 25.7 Å². The van der Waals surface area contributed by atoms with E-state index in [1.54, 1.807) is 6.20 Å². The molecule has 1 atom stereocenters. The van der Waals surface area contributed by atoms with Crippen LogP contribution in [0.5, 0.6) is 5.88 Å². The Balaban J connectivity index is 1.78. The van der Waals surface area contributed by atoms with Crippen LogP contribution in [0.1, 0.15) is 19.3 Å². The predicted octanol–water partition coefficient (Wildman–Crippen LogP) is 0.922. The molecule has 1 aromatic rings. The molecule has 1 aliphatic rings. The number of anilines is 1. The number of nitrogens with two attached hydrogens (primary N) is 1. The van der Waals surface area contributed by atoms with Crippen molar-refractivity contribution in [3.8, 4) is 5.88 Å². The van der Waals surface area contributed by atoms with E-state index in [0.29, 0.717) is 24.2 Å². The lowest BCUT2D eigenvalue weighted by Crippen LogP contribution is -2.26. The van der Waals surface area contributed by atoms with Crippen LogP contribution in [-0.4, -0.2) is 41.1 Å². The van der Waals surface area contributed by atoms with E-state index >= 15 is 0 Å². The smallest absolute Gasteiger partial charge is 0.240 e. The fourth-order valence-electron chi connectivity index (χ4n) is 2.09. The van der Waals surface area contributed by atoms with Crippen molar-refractivity contribution >= 4 is 5.69 Å². The van der Waals surface area contributed by atoms with Gasteiger partial charge in [-0.05, 0) is 32.9 Å². The molecule has 1 unspecified atom stereocenters. The van der Waals surface area contributed by atoms with Crippen molar-refractivity contribution in [2.24, 2.45) is 0 Å². The summed E-state index contributed by atoms with van der Waals surface area (Å²) in [7, 11) is 2.16. The van der Waals surface area contributed by atoms with Crippen molar-refractivity contribution in [3.05, 3.63) is 12.5 Å². The molecule has 0 aromatic carbocycles. The number of ether oxygens (including phenoxy) is 1. The van der Waals surface area contributed by atoms with Crippen molar-refractivity contribution < 1.29 is 4.74 Å². The van der Waals surface area contributed by atoms with Crippen LogP contribution in [0.15, 0.2) is 12.5 Å². The van der Waals surface area contributed by atoms with Gasteiger partial charge in [0.2, 0.25) is 5.88 Å². The first kappa shape index (κ1) is 11.1. The normalized spacial score (nSPS) is 21.2. The molecule has 2 rings (SSSR count). The minimum Gasteiger partial charge on any atom is -0.476 e. The Kier molecular flexibility index (Phi) is 3.56. The lowest BCUT2D eigenvalue weighted by Gasteiger charge is -2.19. The summed E-state index contributed by atoms with van der Waals surface area (Å²) in [5.41, 5.74) is 6.18. The van der Waals surface area contributed by atoms with E-state index < -0.39 is 0 Å². The van der Waals surface area contributed by atoms with Crippen LogP contribution in [0.4, 0.5) is 5.69 Å². The molecule has 1 aliphatic heterocycles. The van der Waals surface area contributed by atoms with Crippen molar-refractivity contribution in [2.75, 3.05) is 25.9 Å². The molecule has 0 spiro atoms. The SMILES string of the molecule is CN1CCCC1CCOc1ncncc1N. The molecule has 0 aliphatic carbocycles. The molecule has 1 saturated heterocycles. The fourth-order valence-corrected chi connectivity index (χ4v) is 2.09. The number of aromatic nitrogens is 2. The molecule has 1 aromatic heterocycles. The summed E-state index contributed by atoms with van der Waals surface area (Å²) in [6.07, 6.45) is 6.59. The molecule has 5 nitrogen and oxygen atoms in total. The first-order chi connectivity index (χ1) is 7.77. The van der Waals surface area contributed by atoms with Crippen molar-refractivity contribution in [3.63, 3.8) is 0 Å². The summed E-state index contributed by atoms with van der Waals surface area (Å²) in [6, 6.07) is 0.642. The third-order valence-electron chi connectivity index (χ3n) is 3.06. The van der Waals surface area contributed by atoms with Gasteiger partial charge in [-0.25, -0.2) is 9.97 Å². The zero-order valence-corrected chi connectivity index (χ0v) is 9.59. The molecular formula is C11H18N4O. The van der Waals surface area contributed by atoms with Gasteiger partial charge in [0, 0.05) is 6.04 Å². The Hall–Kier alpha value is -1.36. The van der Waals surface area contributed by atoms with Crippen molar-refractivity contribution in [1.82, 2.24) is 14.9 Å². The monoisotopic (exact) mass is 222 g/mol. The van der Waals surface area contributed by atoms with Crippen molar-refractivity contribution in [1.29, 1.82) is 0 Å².